The molecule has 0 unspecified atom stereocenters. The molecule has 27 nitrogen and oxygen atoms in total. The first kappa shape index (κ1) is 89.2. The van der Waals surface area contributed by atoms with Crippen molar-refractivity contribution in [2.75, 3.05) is 42.7 Å². The van der Waals surface area contributed by atoms with Crippen molar-refractivity contribution in [3.63, 3.8) is 0 Å². The molecule has 0 fully saturated rings. The number of rotatable bonds is 18. The van der Waals surface area contributed by atoms with Gasteiger partial charge in [0.05, 0.1) is 92.7 Å². The van der Waals surface area contributed by atoms with E-state index in [0.717, 1.165) is 65.5 Å². The molecule has 0 aliphatic heterocycles. The fourth-order valence-electron chi connectivity index (χ4n) is 14.7. The fourth-order valence-corrected chi connectivity index (χ4v) is 14.7. The highest BCUT2D eigenvalue weighted by Crippen LogP contribution is 2.41. The van der Waals surface area contributed by atoms with Gasteiger partial charge in [0.1, 0.15) is 34.5 Å². The molecule has 0 aliphatic carbocycles. The van der Waals surface area contributed by atoms with Crippen molar-refractivity contribution in [1.82, 2.24) is 64.8 Å². The number of fused-ring (bicyclic) bond motifs is 4. The molecule has 20 aromatic rings. The lowest BCUT2D eigenvalue weighted by Crippen LogP contribution is -2.02. The van der Waals surface area contributed by atoms with Crippen molar-refractivity contribution in [1.29, 1.82) is 0 Å². The maximum atomic E-state index is 11.8. The highest BCUT2D eigenvalue weighted by molar-refractivity contribution is 5.97. The van der Waals surface area contributed by atoms with E-state index in [2.05, 4.69) is 54.8 Å². The number of benzene rings is 15. The van der Waals surface area contributed by atoms with Crippen LogP contribution < -0.4 is 9.47 Å². The smallest absolute Gasteiger partial charge is 0.337 e. The predicted molar refractivity (Wildman–Crippen MR) is 517 cm³/mol. The second-order valence-corrected chi connectivity index (χ2v) is 30.4. The van der Waals surface area contributed by atoms with Crippen LogP contribution in [0.5, 0.6) is 34.5 Å². The number of pyridine rings is 1. The number of esters is 4. The largest absolute Gasteiger partial charge is 0.507 e. The minimum atomic E-state index is -0.429. The van der Waals surface area contributed by atoms with Gasteiger partial charge in [0.2, 0.25) is 0 Å². The Morgan fingerprint density at radius 2 is 0.507 bits per heavy atom. The molecular weight excluding hydrogens is 1720 g/mol. The van der Waals surface area contributed by atoms with Crippen molar-refractivity contribution in [3.05, 3.63) is 368 Å². The number of phenolic OH excluding ortho intramolecular Hbond substituents is 4. The molecule has 0 atom stereocenters. The summed E-state index contributed by atoms with van der Waals surface area (Å²) in [6.45, 7) is 0. The summed E-state index contributed by atoms with van der Waals surface area (Å²) in [6.07, 6.45) is 1.74. The third-order valence-corrected chi connectivity index (χ3v) is 21.9. The molecule has 15 aromatic carbocycles. The van der Waals surface area contributed by atoms with Gasteiger partial charge in [-0.2, -0.15) is 0 Å². The summed E-state index contributed by atoms with van der Waals surface area (Å²) < 4.78 is 29.5. The first-order valence-corrected chi connectivity index (χ1v) is 42.3. The topological polar surface area (TPSA) is 372 Å². The molecular formula is C109H79N13O14. The highest BCUT2D eigenvalue weighted by Gasteiger charge is 2.24. The predicted octanol–water partition coefficient (Wildman–Crippen LogP) is 21.5. The average molecular weight is 1790 g/mol. The van der Waals surface area contributed by atoms with Gasteiger partial charge in [-0.1, -0.05) is 206 Å². The molecule has 0 bridgehead atoms. The Kier molecular flexibility index (Phi) is 26.5. The second-order valence-electron chi connectivity index (χ2n) is 30.4. The van der Waals surface area contributed by atoms with Crippen LogP contribution in [0.25, 0.3) is 180 Å². The SMILES string of the molecule is COC(=O)c1ccc(-c2nc(-c3ccc4ccccc4c3)nc(-c3ccc(OC)cc3O)n2)cc1.COC(=O)c1ccc(-c2nc(-c3ccc4ncccc4c3)nc(-c3ccc(OC)cc3O)n2)cc1.COC(=O)c1ccc(-c2nc(-c3ccccc3)nc(-c3cc4ccccc4cc3O)n2)cc1.COC(=O)c1ccc(-c2nc(-c3ccccc3)nc(-c3ccc4ccccc4c3O)n2)cc1. The van der Waals surface area contributed by atoms with Crippen LogP contribution in [0.3, 0.4) is 0 Å². The summed E-state index contributed by atoms with van der Waals surface area (Å²) in [5.74, 6) is 4.41. The normalized spacial score (nSPS) is 10.8. The molecule has 0 spiro atoms. The first-order chi connectivity index (χ1) is 66.4. The maximum absolute atomic E-state index is 11.8. The highest BCUT2D eigenvalue weighted by atomic mass is 16.5. The molecule has 5 heterocycles. The Balaban J connectivity index is 0.000000126. The Labute approximate surface area is 777 Å². The van der Waals surface area contributed by atoms with E-state index in [9.17, 15) is 39.6 Å². The van der Waals surface area contributed by atoms with Gasteiger partial charge in [-0.25, -0.2) is 79.0 Å². The van der Waals surface area contributed by atoms with Crippen molar-refractivity contribution < 1.29 is 68.0 Å². The molecule has 0 aliphatic rings. The summed E-state index contributed by atoms with van der Waals surface area (Å²) in [4.78, 5) is 108. The molecule has 664 valence electrons. The van der Waals surface area contributed by atoms with E-state index < -0.39 is 23.9 Å². The average Bonchev–Trinajstić information content (AvgIpc) is 0.801. The number of ether oxygens (including phenoxy) is 6. The lowest BCUT2D eigenvalue weighted by atomic mass is 10.0. The van der Waals surface area contributed by atoms with E-state index in [-0.39, 0.29) is 23.0 Å². The molecule has 5 aromatic heterocycles. The summed E-state index contributed by atoms with van der Waals surface area (Å²) in [5.41, 5.74) is 10.5. The fraction of sp³-hybridized carbons (Fsp3) is 0.0550. The summed E-state index contributed by atoms with van der Waals surface area (Å²) in [6, 6.07) is 103. The minimum Gasteiger partial charge on any atom is -0.507 e. The molecule has 20 rings (SSSR count). The standard InChI is InChI=1S/C28H21N3O4.C27H20N4O4.2C27H19N3O3/c1-34-22-13-14-23(24(32)16-22)27-30-25(18-8-10-19(11-9-18)28(33)35-2)29-26(31-27)21-12-7-17-5-3-4-6-20(17)15-21;1-34-20-10-11-21(23(32)15-20)26-30-24(16-5-7-17(8-6-16)27(33)35-2)29-25(31-26)19-9-12-22-18(14-19)4-3-13-28-22;1-33-27(32)20-13-11-19(12-14-20)25-28-24(18-8-3-2-4-9-18)29-26(30-25)22-16-15-17-7-5-6-10-21(17)23(22)31;1-33-27(32)19-13-11-18(12-14-19)25-28-24(17-7-3-2-4-8-17)29-26(30-25)22-15-20-9-5-6-10-21(20)16-23(22)31/h3-16,32H,1-2H3;3-15,32H,1-2H3;2*2-16,31H,1H3. The van der Waals surface area contributed by atoms with Gasteiger partial charge >= 0.3 is 23.9 Å². The number of phenols is 4. The molecule has 0 saturated heterocycles. The molecule has 0 saturated carbocycles. The quantitative estimate of drug-likeness (QED) is 0.0458. The minimum absolute atomic E-state index is 0.00741. The monoisotopic (exact) mass is 1790 g/mol. The van der Waals surface area contributed by atoms with Crippen molar-refractivity contribution in [3.8, 4) is 171 Å². The van der Waals surface area contributed by atoms with Crippen LogP contribution in [-0.2, 0) is 18.9 Å². The Morgan fingerprint density at radius 3 is 0.904 bits per heavy atom. The second kappa shape index (κ2) is 40.5. The number of hydrogen-bond acceptors (Lipinski definition) is 27. The van der Waals surface area contributed by atoms with Gasteiger partial charge in [-0.3, -0.25) is 4.98 Å². The molecule has 136 heavy (non-hydrogen) atoms. The first-order valence-electron chi connectivity index (χ1n) is 42.3. The number of aromatic nitrogens is 13. The summed E-state index contributed by atoms with van der Waals surface area (Å²) in [7, 11) is 8.42. The van der Waals surface area contributed by atoms with Crippen LogP contribution in [0.2, 0.25) is 0 Å². The third kappa shape index (κ3) is 20.0. The van der Waals surface area contributed by atoms with Gasteiger partial charge in [0.25, 0.3) is 0 Å². The number of carbonyl (C=O) groups excluding carboxylic acids is 4. The number of hydrogen-bond donors (Lipinski definition) is 4. The number of aromatic hydroxyl groups is 4. The molecule has 27 heteroatoms. The van der Waals surface area contributed by atoms with E-state index >= 15 is 0 Å². The van der Waals surface area contributed by atoms with Crippen LogP contribution in [0.15, 0.2) is 346 Å². The van der Waals surface area contributed by atoms with Gasteiger partial charge < -0.3 is 48.8 Å². The van der Waals surface area contributed by atoms with E-state index in [1.165, 1.54) is 54.8 Å². The molecule has 0 amide bonds. The van der Waals surface area contributed by atoms with Crippen molar-refractivity contribution in [2.24, 2.45) is 0 Å². The zero-order valence-corrected chi connectivity index (χ0v) is 73.6. The number of carbonyl (C=O) groups is 4. The van der Waals surface area contributed by atoms with E-state index in [4.69, 9.17) is 38.4 Å². The molecule has 4 N–H and O–H groups in total. The van der Waals surface area contributed by atoms with Crippen LogP contribution in [0.4, 0.5) is 0 Å². The summed E-state index contributed by atoms with van der Waals surface area (Å²) in [5, 5.41) is 49.7. The molecule has 0 radical (unpaired) electrons. The number of nitrogens with zero attached hydrogens (tertiary/aromatic N) is 13. The summed E-state index contributed by atoms with van der Waals surface area (Å²) >= 11 is 0. The maximum Gasteiger partial charge on any atom is 0.337 e. The Bertz CT molecular complexity index is 7500. The number of methoxy groups -OCH3 is 6. The third-order valence-electron chi connectivity index (χ3n) is 21.9. The van der Waals surface area contributed by atoms with Crippen molar-refractivity contribution in [2.45, 2.75) is 0 Å². The van der Waals surface area contributed by atoms with Crippen LogP contribution >= 0.6 is 0 Å². The zero-order chi connectivity index (χ0) is 94.3. The van der Waals surface area contributed by atoms with Crippen LogP contribution in [0, 0.1) is 0 Å². The van der Waals surface area contributed by atoms with E-state index in [1.807, 2.05) is 200 Å². The van der Waals surface area contributed by atoms with Crippen molar-refractivity contribution >= 4 is 67.1 Å². The van der Waals surface area contributed by atoms with Crippen LogP contribution in [-0.4, -0.2) is 152 Å². The Morgan fingerprint density at radius 1 is 0.221 bits per heavy atom. The van der Waals surface area contributed by atoms with E-state index in [1.54, 1.807) is 134 Å². The van der Waals surface area contributed by atoms with Gasteiger partial charge in [-0.15, -0.1) is 0 Å². The van der Waals surface area contributed by atoms with Crippen LogP contribution in [0.1, 0.15) is 41.4 Å². The lowest BCUT2D eigenvalue weighted by molar-refractivity contribution is 0.0592. The lowest BCUT2D eigenvalue weighted by Gasteiger charge is -2.11. The zero-order valence-electron chi connectivity index (χ0n) is 73.6. The Hall–Kier alpha value is -18.8. The van der Waals surface area contributed by atoms with E-state index in [0.29, 0.717) is 148 Å². The van der Waals surface area contributed by atoms with Gasteiger partial charge in [0.15, 0.2) is 69.9 Å². The van der Waals surface area contributed by atoms with Gasteiger partial charge in [-0.05, 0) is 148 Å². The van der Waals surface area contributed by atoms with Gasteiger partial charge in [0, 0.05) is 73.6 Å².